The topological polar surface area (TPSA) is 107 Å². The lowest BCUT2D eigenvalue weighted by molar-refractivity contribution is -0.0802. The van der Waals surface area contributed by atoms with E-state index in [0.29, 0.717) is 18.8 Å². The quantitative estimate of drug-likeness (QED) is 0.509. The number of hydrogen-bond acceptors (Lipinski definition) is 7. The fourth-order valence-electron chi connectivity index (χ4n) is 5.80. The molecule has 0 aromatic rings. The largest absolute Gasteiger partial charge is 0.444 e. The molecular formula is C24H43NO7S2. The fraction of sp³-hybridized carbons (Fsp3) is 0.958. The summed E-state index contributed by atoms with van der Waals surface area (Å²) >= 11 is 0. The van der Waals surface area contributed by atoms with E-state index >= 15 is 0 Å². The van der Waals surface area contributed by atoms with Gasteiger partial charge >= 0.3 is 6.09 Å². The smallest absolute Gasteiger partial charge is 0.412 e. The summed E-state index contributed by atoms with van der Waals surface area (Å²) in [4.78, 5) is 15.0. The van der Waals surface area contributed by atoms with Gasteiger partial charge in [-0.15, -0.1) is 0 Å². The van der Waals surface area contributed by atoms with Gasteiger partial charge in [0.05, 0.1) is 23.7 Å². The van der Waals surface area contributed by atoms with E-state index in [2.05, 4.69) is 0 Å². The molecule has 8 nitrogen and oxygen atoms in total. The predicted molar refractivity (Wildman–Crippen MR) is 132 cm³/mol. The number of carbonyl (C=O) groups excluding carboxylic acids is 1. The molecule has 3 aliphatic rings. The number of rotatable bonds is 6. The normalized spacial score (nSPS) is 29.7. The number of carbonyl (C=O) groups is 1. The van der Waals surface area contributed by atoms with Crippen molar-refractivity contribution in [2.75, 3.05) is 11.5 Å². The fourth-order valence-corrected chi connectivity index (χ4v) is 11.0. The van der Waals surface area contributed by atoms with Crippen LogP contribution in [0.2, 0.25) is 0 Å². The summed E-state index contributed by atoms with van der Waals surface area (Å²) in [6.45, 7) is 9.25. The molecule has 0 aromatic heterocycles. The Balaban J connectivity index is 1.76. The SMILES string of the molecule is CC(C)(C)OC(=O)N1[C@@H](CC2CCCCC2)[C@H](CCCC2S(=O)(=O)CCCS2(=O)=O)OC1(C)C. The number of nitrogens with zero attached hydrogens (tertiary/aromatic N) is 1. The molecule has 0 spiro atoms. The third-order valence-electron chi connectivity index (χ3n) is 7.26. The van der Waals surface area contributed by atoms with Crippen molar-refractivity contribution in [1.29, 1.82) is 0 Å². The first-order valence-electron chi connectivity index (χ1n) is 12.8. The summed E-state index contributed by atoms with van der Waals surface area (Å²) < 4.78 is 60.6. The van der Waals surface area contributed by atoms with Crippen LogP contribution in [0.3, 0.4) is 0 Å². The van der Waals surface area contributed by atoms with Crippen molar-refractivity contribution in [3.05, 3.63) is 0 Å². The molecule has 1 saturated carbocycles. The minimum atomic E-state index is -3.64. The van der Waals surface area contributed by atoms with Crippen LogP contribution in [0.5, 0.6) is 0 Å². The summed E-state index contributed by atoms with van der Waals surface area (Å²) in [5.74, 6) is 0.365. The van der Waals surface area contributed by atoms with Gasteiger partial charge in [-0.3, -0.25) is 4.90 Å². The van der Waals surface area contributed by atoms with Crippen molar-refractivity contribution in [2.24, 2.45) is 5.92 Å². The van der Waals surface area contributed by atoms with E-state index in [1.807, 2.05) is 34.6 Å². The van der Waals surface area contributed by atoms with Gasteiger partial charge in [0.1, 0.15) is 11.3 Å². The number of sulfone groups is 2. The molecule has 0 N–H and O–H groups in total. The van der Waals surface area contributed by atoms with Gasteiger partial charge in [0, 0.05) is 0 Å². The van der Waals surface area contributed by atoms with Crippen molar-refractivity contribution >= 4 is 25.8 Å². The van der Waals surface area contributed by atoms with Gasteiger partial charge in [0.2, 0.25) is 0 Å². The van der Waals surface area contributed by atoms with E-state index in [-0.39, 0.29) is 36.5 Å². The maximum Gasteiger partial charge on any atom is 0.412 e. The summed E-state index contributed by atoms with van der Waals surface area (Å²) in [5, 5.41) is 0. The molecule has 0 radical (unpaired) electrons. The Bertz CT molecular complexity index is 897. The van der Waals surface area contributed by atoms with Crippen molar-refractivity contribution in [3.8, 4) is 0 Å². The van der Waals surface area contributed by atoms with E-state index in [0.717, 1.165) is 19.3 Å². The Labute approximate surface area is 206 Å². The Morgan fingerprint density at radius 1 is 0.971 bits per heavy atom. The van der Waals surface area contributed by atoms with Gasteiger partial charge in [-0.2, -0.15) is 0 Å². The maximum atomic E-state index is 13.2. The second-order valence-electron chi connectivity index (χ2n) is 11.7. The zero-order valence-electron chi connectivity index (χ0n) is 21.4. The number of amides is 1. The molecule has 10 heteroatoms. The molecule has 3 fully saturated rings. The summed E-state index contributed by atoms with van der Waals surface area (Å²) in [6.07, 6.45) is 7.16. The molecule has 198 valence electrons. The van der Waals surface area contributed by atoms with E-state index in [1.54, 1.807) is 4.90 Å². The zero-order chi connectivity index (χ0) is 25.4. The molecule has 34 heavy (non-hydrogen) atoms. The Morgan fingerprint density at radius 3 is 2.12 bits per heavy atom. The molecule has 3 rings (SSSR count). The molecular weight excluding hydrogens is 478 g/mol. The average molecular weight is 522 g/mol. The van der Waals surface area contributed by atoms with Gasteiger partial charge in [-0.1, -0.05) is 32.1 Å². The molecule has 2 atom stereocenters. The first-order chi connectivity index (χ1) is 15.6. The van der Waals surface area contributed by atoms with Gasteiger partial charge < -0.3 is 9.47 Å². The highest BCUT2D eigenvalue weighted by Gasteiger charge is 2.51. The van der Waals surface area contributed by atoms with Gasteiger partial charge in [0.25, 0.3) is 0 Å². The average Bonchev–Trinajstić information content (AvgIpc) is 2.92. The van der Waals surface area contributed by atoms with Crippen LogP contribution in [0, 0.1) is 5.92 Å². The second-order valence-corrected chi connectivity index (χ2v) is 16.6. The summed E-state index contributed by atoms with van der Waals surface area (Å²) in [5.41, 5.74) is -1.50. The van der Waals surface area contributed by atoms with Gasteiger partial charge in [-0.05, 0) is 72.6 Å². The van der Waals surface area contributed by atoms with Crippen LogP contribution in [-0.4, -0.2) is 67.4 Å². The monoisotopic (exact) mass is 521 g/mol. The highest BCUT2D eigenvalue weighted by atomic mass is 32.3. The Kier molecular flexibility index (Phi) is 8.35. The summed E-state index contributed by atoms with van der Waals surface area (Å²) in [6, 6.07) is -0.187. The molecule has 1 aliphatic carbocycles. The van der Waals surface area contributed by atoms with E-state index in [9.17, 15) is 21.6 Å². The van der Waals surface area contributed by atoms with Crippen LogP contribution < -0.4 is 0 Å². The maximum absolute atomic E-state index is 13.2. The van der Waals surface area contributed by atoms with Gasteiger partial charge in [0.15, 0.2) is 24.3 Å². The highest BCUT2D eigenvalue weighted by Crippen LogP contribution is 2.41. The first kappa shape index (κ1) is 27.7. The van der Waals surface area contributed by atoms with Crippen LogP contribution in [0.4, 0.5) is 4.79 Å². The number of ether oxygens (including phenoxy) is 2. The lowest BCUT2D eigenvalue weighted by atomic mass is 9.83. The highest BCUT2D eigenvalue weighted by molar-refractivity contribution is 8.09. The molecule has 0 bridgehead atoms. The van der Waals surface area contributed by atoms with Crippen LogP contribution in [-0.2, 0) is 29.1 Å². The zero-order valence-corrected chi connectivity index (χ0v) is 23.0. The molecule has 0 aromatic carbocycles. The van der Waals surface area contributed by atoms with Crippen molar-refractivity contribution < 1.29 is 31.1 Å². The van der Waals surface area contributed by atoms with Gasteiger partial charge in [-0.25, -0.2) is 21.6 Å². The Hall–Kier alpha value is -0.870. The molecule has 2 heterocycles. The minimum Gasteiger partial charge on any atom is -0.444 e. The van der Waals surface area contributed by atoms with Crippen LogP contribution in [0.25, 0.3) is 0 Å². The van der Waals surface area contributed by atoms with E-state index in [1.165, 1.54) is 19.3 Å². The first-order valence-corrected chi connectivity index (χ1v) is 16.2. The van der Waals surface area contributed by atoms with Crippen LogP contribution in [0.15, 0.2) is 0 Å². The summed E-state index contributed by atoms with van der Waals surface area (Å²) in [7, 11) is -7.29. The predicted octanol–water partition coefficient (Wildman–Crippen LogP) is 4.43. The second kappa shape index (κ2) is 10.2. The van der Waals surface area contributed by atoms with Crippen molar-refractivity contribution in [3.63, 3.8) is 0 Å². The van der Waals surface area contributed by atoms with Crippen LogP contribution in [0.1, 0.15) is 98.8 Å². The number of hydrogen-bond donors (Lipinski definition) is 0. The van der Waals surface area contributed by atoms with Crippen LogP contribution >= 0.6 is 0 Å². The van der Waals surface area contributed by atoms with Crippen molar-refractivity contribution in [1.82, 2.24) is 4.90 Å². The van der Waals surface area contributed by atoms with Crippen molar-refractivity contribution in [2.45, 2.75) is 127 Å². The van der Waals surface area contributed by atoms with E-state index < -0.39 is 41.7 Å². The standard InChI is InChI=1S/C24H43NO7S2/c1-23(2,3)32-22(26)25-19(17-18-11-7-6-8-12-18)20(31-24(25,4)5)13-9-14-21-33(27,28)15-10-16-34(21,29)30/h18-21H,6-17H2,1-5H3/t19-,20-/m0/s1. The molecule has 2 aliphatic heterocycles. The minimum absolute atomic E-state index is 0.0689. The van der Waals surface area contributed by atoms with E-state index in [4.69, 9.17) is 9.47 Å². The lowest BCUT2D eigenvalue weighted by Gasteiger charge is -2.37. The Morgan fingerprint density at radius 2 is 1.56 bits per heavy atom. The molecule has 1 amide bonds. The third kappa shape index (κ3) is 6.66. The molecule has 2 saturated heterocycles. The lowest BCUT2D eigenvalue weighted by Crippen LogP contribution is -2.50. The molecule has 0 unspecified atom stereocenters. The third-order valence-corrected chi connectivity index (χ3v) is 12.8.